The van der Waals surface area contributed by atoms with Crippen LogP contribution < -0.4 is 0 Å². The van der Waals surface area contributed by atoms with Gasteiger partial charge in [-0.3, -0.25) is 0 Å². The number of aryl methyl sites for hydroxylation is 1. The molecule has 0 spiro atoms. The standard InChI is InChI=1S/C12H15NO2/c1-4-9-12-10(14)5-8(7(2)3)6-11(12)15-13-9/h5-7,14H,4H2,1-3H3. The van der Waals surface area contributed by atoms with Gasteiger partial charge in [0.05, 0.1) is 11.1 Å². The number of fused-ring (bicyclic) bond motifs is 1. The Bertz CT molecular complexity index is 486. The van der Waals surface area contributed by atoms with E-state index < -0.39 is 0 Å². The van der Waals surface area contributed by atoms with Crippen molar-refractivity contribution in [2.75, 3.05) is 0 Å². The molecular formula is C12H15NO2. The van der Waals surface area contributed by atoms with Gasteiger partial charge < -0.3 is 9.63 Å². The quantitative estimate of drug-likeness (QED) is 0.818. The van der Waals surface area contributed by atoms with E-state index in [4.69, 9.17) is 4.52 Å². The second-order valence-electron chi connectivity index (χ2n) is 4.05. The highest BCUT2D eigenvalue weighted by Gasteiger charge is 2.13. The molecule has 0 atom stereocenters. The van der Waals surface area contributed by atoms with E-state index in [1.54, 1.807) is 6.07 Å². The third kappa shape index (κ3) is 1.58. The molecule has 0 fully saturated rings. The van der Waals surface area contributed by atoms with Crippen LogP contribution in [0.2, 0.25) is 0 Å². The number of hydrogen-bond acceptors (Lipinski definition) is 3. The van der Waals surface area contributed by atoms with Crippen LogP contribution >= 0.6 is 0 Å². The SMILES string of the molecule is CCc1noc2cc(C(C)C)cc(O)c12. The van der Waals surface area contributed by atoms with Gasteiger partial charge in [0.2, 0.25) is 0 Å². The molecule has 0 unspecified atom stereocenters. The van der Waals surface area contributed by atoms with Gasteiger partial charge >= 0.3 is 0 Å². The lowest BCUT2D eigenvalue weighted by atomic mass is 10.0. The smallest absolute Gasteiger partial charge is 0.171 e. The molecule has 0 saturated heterocycles. The van der Waals surface area contributed by atoms with Crippen molar-refractivity contribution < 1.29 is 9.63 Å². The minimum atomic E-state index is 0.273. The average molecular weight is 205 g/mol. The predicted molar refractivity (Wildman–Crippen MR) is 59.1 cm³/mol. The van der Waals surface area contributed by atoms with Gasteiger partial charge in [-0.25, -0.2) is 0 Å². The van der Waals surface area contributed by atoms with Crippen molar-refractivity contribution in [1.29, 1.82) is 0 Å². The lowest BCUT2D eigenvalue weighted by molar-refractivity contribution is 0.446. The van der Waals surface area contributed by atoms with Crippen LogP contribution in [0.5, 0.6) is 5.75 Å². The molecule has 1 N–H and O–H groups in total. The van der Waals surface area contributed by atoms with E-state index in [-0.39, 0.29) is 5.75 Å². The normalized spacial score (nSPS) is 11.5. The first kappa shape index (κ1) is 10.0. The molecule has 2 rings (SSSR count). The molecule has 0 amide bonds. The minimum absolute atomic E-state index is 0.273. The number of aromatic nitrogens is 1. The van der Waals surface area contributed by atoms with Crippen molar-refractivity contribution in [1.82, 2.24) is 5.16 Å². The van der Waals surface area contributed by atoms with Crippen LogP contribution in [0.4, 0.5) is 0 Å². The highest BCUT2D eigenvalue weighted by Crippen LogP contribution is 2.32. The van der Waals surface area contributed by atoms with Gasteiger partial charge in [-0.2, -0.15) is 0 Å². The summed E-state index contributed by atoms with van der Waals surface area (Å²) >= 11 is 0. The Morgan fingerprint density at radius 3 is 2.73 bits per heavy atom. The molecule has 3 nitrogen and oxygen atoms in total. The molecule has 2 aromatic rings. The van der Waals surface area contributed by atoms with Crippen molar-refractivity contribution in [3.8, 4) is 5.75 Å². The summed E-state index contributed by atoms with van der Waals surface area (Å²) in [5.41, 5.74) is 2.56. The van der Waals surface area contributed by atoms with Crippen molar-refractivity contribution in [2.45, 2.75) is 33.1 Å². The van der Waals surface area contributed by atoms with Gasteiger partial charge in [0, 0.05) is 0 Å². The molecule has 0 aliphatic carbocycles. The van der Waals surface area contributed by atoms with Crippen molar-refractivity contribution in [3.05, 3.63) is 23.4 Å². The molecule has 1 heterocycles. The van der Waals surface area contributed by atoms with E-state index in [1.165, 1.54) is 0 Å². The van der Waals surface area contributed by atoms with Gasteiger partial charge in [-0.05, 0) is 30.0 Å². The lowest BCUT2D eigenvalue weighted by Crippen LogP contribution is -1.87. The molecule has 0 aliphatic heterocycles. The second kappa shape index (κ2) is 3.57. The summed E-state index contributed by atoms with van der Waals surface area (Å²) < 4.78 is 5.20. The number of nitrogens with zero attached hydrogens (tertiary/aromatic N) is 1. The van der Waals surface area contributed by atoms with E-state index in [1.807, 2.05) is 13.0 Å². The summed E-state index contributed by atoms with van der Waals surface area (Å²) in [4.78, 5) is 0. The number of phenolic OH excluding ortho intramolecular Hbond substituents is 1. The lowest BCUT2D eigenvalue weighted by Gasteiger charge is -2.05. The number of aromatic hydroxyl groups is 1. The second-order valence-corrected chi connectivity index (χ2v) is 4.05. The van der Waals surface area contributed by atoms with E-state index in [9.17, 15) is 5.11 Å². The third-order valence-corrected chi connectivity index (χ3v) is 2.65. The third-order valence-electron chi connectivity index (χ3n) is 2.65. The van der Waals surface area contributed by atoms with Crippen molar-refractivity contribution in [3.63, 3.8) is 0 Å². The molecule has 0 bridgehead atoms. The van der Waals surface area contributed by atoms with Crippen molar-refractivity contribution >= 4 is 11.0 Å². The maximum atomic E-state index is 9.90. The summed E-state index contributed by atoms with van der Waals surface area (Å²) in [6.07, 6.45) is 0.765. The maximum absolute atomic E-state index is 9.90. The summed E-state index contributed by atoms with van der Waals surface area (Å²) in [5, 5.41) is 14.6. The number of phenols is 1. The Morgan fingerprint density at radius 1 is 1.40 bits per heavy atom. The number of hydrogen-bond donors (Lipinski definition) is 1. The van der Waals surface area contributed by atoms with Gasteiger partial charge in [-0.1, -0.05) is 25.9 Å². The minimum Gasteiger partial charge on any atom is -0.507 e. The summed E-state index contributed by atoms with van der Waals surface area (Å²) in [7, 11) is 0. The fourth-order valence-corrected chi connectivity index (χ4v) is 1.71. The van der Waals surface area contributed by atoms with E-state index in [0.29, 0.717) is 11.5 Å². The van der Waals surface area contributed by atoms with Gasteiger partial charge in [0.25, 0.3) is 0 Å². The van der Waals surface area contributed by atoms with Gasteiger partial charge in [0.15, 0.2) is 5.58 Å². The summed E-state index contributed by atoms with van der Waals surface area (Å²) in [6, 6.07) is 3.75. The fourth-order valence-electron chi connectivity index (χ4n) is 1.71. The zero-order valence-electron chi connectivity index (χ0n) is 9.24. The molecular weight excluding hydrogens is 190 g/mol. The van der Waals surface area contributed by atoms with Crippen LogP contribution in [-0.2, 0) is 6.42 Å². The largest absolute Gasteiger partial charge is 0.507 e. The van der Waals surface area contributed by atoms with Gasteiger partial charge in [0.1, 0.15) is 5.75 Å². The molecule has 1 aromatic heterocycles. The average Bonchev–Trinajstić information content (AvgIpc) is 2.60. The molecule has 1 aromatic carbocycles. The Hall–Kier alpha value is -1.51. The first-order chi connectivity index (χ1) is 7.13. The van der Waals surface area contributed by atoms with E-state index in [0.717, 1.165) is 23.1 Å². The first-order valence-electron chi connectivity index (χ1n) is 5.24. The van der Waals surface area contributed by atoms with Crippen LogP contribution in [-0.4, -0.2) is 10.3 Å². The van der Waals surface area contributed by atoms with Crippen LogP contribution in [0.25, 0.3) is 11.0 Å². The highest BCUT2D eigenvalue weighted by molar-refractivity contribution is 5.86. The Labute approximate surface area is 88.7 Å². The Morgan fingerprint density at radius 2 is 2.13 bits per heavy atom. The maximum Gasteiger partial charge on any atom is 0.171 e. The fraction of sp³-hybridized carbons (Fsp3) is 0.417. The van der Waals surface area contributed by atoms with Crippen LogP contribution in [0.3, 0.4) is 0 Å². The van der Waals surface area contributed by atoms with Crippen LogP contribution in [0.1, 0.15) is 37.9 Å². The first-order valence-corrected chi connectivity index (χ1v) is 5.24. The van der Waals surface area contributed by atoms with E-state index >= 15 is 0 Å². The van der Waals surface area contributed by atoms with Crippen LogP contribution in [0.15, 0.2) is 16.7 Å². The summed E-state index contributed by atoms with van der Waals surface area (Å²) in [6.45, 7) is 6.16. The molecule has 0 radical (unpaired) electrons. The van der Waals surface area contributed by atoms with E-state index in [2.05, 4.69) is 19.0 Å². The number of rotatable bonds is 2. The number of benzene rings is 1. The topological polar surface area (TPSA) is 46.3 Å². The summed E-state index contributed by atoms with van der Waals surface area (Å²) in [5.74, 6) is 0.643. The zero-order valence-corrected chi connectivity index (χ0v) is 9.24. The van der Waals surface area contributed by atoms with Gasteiger partial charge in [-0.15, -0.1) is 0 Å². The monoisotopic (exact) mass is 205 g/mol. The molecule has 0 aliphatic rings. The molecule has 3 heteroatoms. The highest BCUT2D eigenvalue weighted by atomic mass is 16.5. The molecule has 80 valence electrons. The molecule has 0 saturated carbocycles. The Kier molecular flexibility index (Phi) is 2.39. The zero-order chi connectivity index (χ0) is 11.0. The molecule has 15 heavy (non-hydrogen) atoms. The predicted octanol–water partition coefficient (Wildman–Crippen LogP) is 3.22. The van der Waals surface area contributed by atoms with Crippen LogP contribution in [0, 0.1) is 0 Å². The van der Waals surface area contributed by atoms with Crippen molar-refractivity contribution in [2.24, 2.45) is 0 Å². The Balaban J connectivity index is 2.69.